The number of nitrogens with one attached hydrogen (secondary N) is 1. The van der Waals surface area contributed by atoms with Crippen LogP contribution in [0, 0.1) is 0 Å². The van der Waals surface area contributed by atoms with Gasteiger partial charge in [-0.05, 0) is 44.5 Å². The van der Waals surface area contributed by atoms with Gasteiger partial charge in [-0.15, -0.1) is 0 Å². The fourth-order valence-electron chi connectivity index (χ4n) is 2.69. The molecule has 3 rings (SSSR count). The van der Waals surface area contributed by atoms with Gasteiger partial charge in [0.2, 0.25) is 0 Å². The van der Waals surface area contributed by atoms with Gasteiger partial charge >= 0.3 is 0 Å². The molecule has 2 heterocycles. The highest BCUT2D eigenvalue weighted by molar-refractivity contribution is 6.32. The van der Waals surface area contributed by atoms with Gasteiger partial charge in [0.1, 0.15) is 5.58 Å². The first-order valence-electron chi connectivity index (χ1n) is 5.62. The van der Waals surface area contributed by atoms with Crippen LogP contribution in [0.3, 0.4) is 0 Å². The Hall–Kier alpha value is -0.990. The molecule has 0 radical (unpaired) electrons. The van der Waals surface area contributed by atoms with E-state index < -0.39 is 0 Å². The Morgan fingerprint density at radius 3 is 3.00 bits per heavy atom. The lowest BCUT2D eigenvalue weighted by Gasteiger charge is -2.26. The molecule has 1 fully saturated rings. The smallest absolute Gasteiger partial charge is 0.134 e. The third-order valence-corrected chi connectivity index (χ3v) is 3.82. The summed E-state index contributed by atoms with van der Waals surface area (Å²) in [7, 11) is 0. The molecule has 1 N–H and O–H groups in total. The predicted octanol–water partition coefficient (Wildman–Crippen LogP) is 3.68. The van der Waals surface area contributed by atoms with Crippen molar-refractivity contribution in [3.8, 4) is 0 Å². The van der Waals surface area contributed by atoms with E-state index in [1.54, 1.807) is 6.26 Å². The van der Waals surface area contributed by atoms with Crippen molar-refractivity contribution in [3.05, 3.63) is 35.0 Å². The number of furan rings is 1. The van der Waals surface area contributed by atoms with E-state index in [9.17, 15) is 0 Å². The Kier molecular flexibility index (Phi) is 2.23. The van der Waals surface area contributed by atoms with E-state index in [4.69, 9.17) is 16.0 Å². The number of rotatable bonds is 1. The van der Waals surface area contributed by atoms with Crippen LogP contribution >= 0.6 is 11.6 Å². The molecule has 0 amide bonds. The number of hydrogen-bond donors (Lipinski definition) is 1. The van der Waals surface area contributed by atoms with E-state index in [1.165, 1.54) is 12.0 Å². The summed E-state index contributed by atoms with van der Waals surface area (Å²) in [5, 5.41) is 5.50. The molecule has 84 valence electrons. The lowest BCUT2D eigenvalue weighted by molar-refractivity contribution is 0.438. The SMILES string of the molecule is CC1(c2c(Cl)ccc3occc23)CCCN1. The van der Waals surface area contributed by atoms with E-state index in [0.29, 0.717) is 0 Å². The normalized spacial score (nSPS) is 25.4. The number of halogens is 1. The summed E-state index contributed by atoms with van der Waals surface area (Å²) in [5.41, 5.74) is 2.08. The first kappa shape index (κ1) is 10.2. The van der Waals surface area contributed by atoms with Gasteiger partial charge in [-0.25, -0.2) is 0 Å². The van der Waals surface area contributed by atoms with Gasteiger partial charge in [0.05, 0.1) is 6.26 Å². The summed E-state index contributed by atoms with van der Waals surface area (Å²) in [6.45, 7) is 3.27. The van der Waals surface area contributed by atoms with E-state index in [1.807, 2.05) is 18.2 Å². The zero-order valence-electron chi connectivity index (χ0n) is 9.22. The second-order valence-electron chi connectivity index (χ2n) is 4.62. The molecule has 0 saturated carbocycles. The average Bonchev–Trinajstić information content (AvgIpc) is 2.86. The predicted molar refractivity (Wildman–Crippen MR) is 65.8 cm³/mol. The molecule has 1 aliphatic heterocycles. The maximum atomic E-state index is 6.35. The molecule has 1 aromatic carbocycles. The number of benzene rings is 1. The molecular formula is C13H14ClNO. The fourth-order valence-corrected chi connectivity index (χ4v) is 3.06. The molecule has 2 aromatic rings. The molecule has 16 heavy (non-hydrogen) atoms. The molecule has 1 aromatic heterocycles. The summed E-state index contributed by atoms with van der Waals surface area (Å²) in [5.74, 6) is 0. The molecule has 1 saturated heterocycles. The molecule has 1 atom stereocenters. The Balaban J connectivity index is 2.28. The highest BCUT2D eigenvalue weighted by atomic mass is 35.5. The zero-order chi connectivity index (χ0) is 11.2. The third kappa shape index (κ3) is 1.37. The summed E-state index contributed by atoms with van der Waals surface area (Å²) >= 11 is 6.35. The average molecular weight is 236 g/mol. The topological polar surface area (TPSA) is 25.2 Å². The van der Waals surface area contributed by atoms with Crippen molar-refractivity contribution in [2.24, 2.45) is 0 Å². The minimum Gasteiger partial charge on any atom is -0.464 e. The minimum absolute atomic E-state index is 0.0134. The van der Waals surface area contributed by atoms with Gasteiger partial charge in [-0.3, -0.25) is 0 Å². The summed E-state index contributed by atoms with van der Waals surface area (Å²) in [6, 6.07) is 5.86. The van der Waals surface area contributed by atoms with Crippen LogP contribution in [-0.4, -0.2) is 6.54 Å². The van der Waals surface area contributed by atoms with Gasteiger partial charge in [-0.1, -0.05) is 11.6 Å². The van der Waals surface area contributed by atoms with Crippen molar-refractivity contribution in [1.29, 1.82) is 0 Å². The maximum absolute atomic E-state index is 6.35. The van der Waals surface area contributed by atoms with Crippen molar-refractivity contribution in [2.75, 3.05) is 6.54 Å². The van der Waals surface area contributed by atoms with Crippen molar-refractivity contribution in [2.45, 2.75) is 25.3 Å². The second-order valence-corrected chi connectivity index (χ2v) is 5.02. The first-order chi connectivity index (χ1) is 7.71. The Morgan fingerprint density at radius 1 is 1.38 bits per heavy atom. The largest absolute Gasteiger partial charge is 0.464 e. The molecule has 2 nitrogen and oxygen atoms in total. The van der Waals surface area contributed by atoms with Crippen LogP contribution in [0.5, 0.6) is 0 Å². The highest BCUT2D eigenvalue weighted by Crippen LogP contribution is 2.39. The highest BCUT2D eigenvalue weighted by Gasteiger charge is 2.33. The summed E-state index contributed by atoms with van der Waals surface area (Å²) in [6.07, 6.45) is 4.04. The second kappa shape index (κ2) is 3.51. The van der Waals surface area contributed by atoms with Crippen LogP contribution < -0.4 is 5.32 Å². The molecule has 1 unspecified atom stereocenters. The zero-order valence-corrected chi connectivity index (χ0v) is 9.97. The van der Waals surface area contributed by atoms with Crippen molar-refractivity contribution >= 4 is 22.6 Å². The third-order valence-electron chi connectivity index (χ3n) is 3.50. The molecule has 0 spiro atoms. The lowest BCUT2D eigenvalue weighted by atomic mass is 9.88. The summed E-state index contributed by atoms with van der Waals surface area (Å²) in [4.78, 5) is 0. The van der Waals surface area contributed by atoms with Crippen molar-refractivity contribution < 1.29 is 4.42 Å². The van der Waals surface area contributed by atoms with E-state index in [-0.39, 0.29) is 5.54 Å². The number of fused-ring (bicyclic) bond motifs is 1. The monoisotopic (exact) mass is 235 g/mol. The first-order valence-corrected chi connectivity index (χ1v) is 6.00. The van der Waals surface area contributed by atoms with E-state index in [0.717, 1.165) is 29.0 Å². The molecule has 1 aliphatic rings. The Morgan fingerprint density at radius 2 is 2.25 bits per heavy atom. The summed E-state index contributed by atoms with van der Waals surface area (Å²) < 4.78 is 5.43. The van der Waals surface area contributed by atoms with Gasteiger partial charge in [0, 0.05) is 21.5 Å². The standard InChI is InChI=1S/C13H14ClNO/c1-13(6-2-7-15-13)12-9-5-8-16-11(9)4-3-10(12)14/h3-5,8,15H,2,6-7H2,1H3. The van der Waals surface area contributed by atoms with Gasteiger partial charge in [0.15, 0.2) is 0 Å². The van der Waals surface area contributed by atoms with Crippen molar-refractivity contribution in [3.63, 3.8) is 0 Å². The quantitative estimate of drug-likeness (QED) is 0.816. The Bertz CT molecular complexity index is 526. The van der Waals surface area contributed by atoms with Crippen molar-refractivity contribution in [1.82, 2.24) is 5.32 Å². The van der Waals surface area contributed by atoms with Gasteiger partial charge in [-0.2, -0.15) is 0 Å². The molecule has 0 bridgehead atoms. The van der Waals surface area contributed by atoms with E-state index >= 15 is 0 Å². The molecule has 3 heteroatoms. The maximum Gasteiger partial charge on any atom is 0.134 e. The van der Waals surface area contributed by atoms with Crippen LogP contribution in [0.25, 0.3) is 11.0 Å². The lowest BCUT2D eigenvalue weighted by Crippen LogP contribution is -2.33. The number of hydrogen-bond acceptors (Lipinski definition) is 2. The van der Waals surface area contributed by atoms with Crippen LogP contribution in [0.15, 0.2) is 28.9 Å². The van der Waals surface area contributed by atoms with Crippen LogP contribution in [0.4, 0.5) is 0 Å². The molecule has 0 aliphatic carbocycles. The minimum atomic E-state index is -0.0134. The van der Waals surface area contributed by atoms with Gasteiger partial charge in [0.25, 0.3) is 0 Å². The van der Waals surface area contributed by atoms with Crippen LogP contribution in [-0.2, 0) is 5.54 Å². The van der Waals surface area contributed by atoms with E-state index in [2.05, 4.69) is 12.2 Å². The Labute approximate surface area is 99.6 Å². The fraction of sp³-hybridized carbons (Fsp3) is 0.385. The van der Waals surface area contributed by atoms with Crippen LogP contribution in [0.2, 0.25) is 5.02 Å². The van der Waals surface area contributed by atoms with Gasteiger partial charge < -0.3 is 9.73 Å². The van der Waals surface area contributed by atoms with Crippen LogP contribution in [0.1, 0.15) is 25.3 Å². The molecular weight excluding hydrogens is 222 g/mol.